The van der Waals surface area contributed by atoms with Gasteiger partial charge in [0.25, 0.3) is 0 Å². The van der Waals surface area contributed by atoms with Crippen LogP contribution in [0.15, 0.2) is 51.7 Å². The van der Waals surface area contributed by atoms with Crippen molar-refractivity contribution < 1.29 is 4.74 Å². The molecule has 110 valence electrons. The number of nitrogens with zero attached hydrogens (tertiary/aromatic N) is 1. The standard InChI is InChI=1S/C17H10Br2ClNO/c1-21-16(18)14-10-4-2-3-5-12(10)22-13-7-6-9(20)8-11(13)15(14)17(21)19/h2-8H,1H3. The lowest BCUT2D eigenvalue weighted by Gasteiger charge is -2.10. The van der Waals surface area contributed by atoms with Gasteiger partial charge in [-0.05, 0) is 56.1 Å². The van der Waals surface area contributed by atoms with Crippen LogP contribution in [0, 0.1) is 0 Å². The summed E-state index contributed by atoms with van der Waals surface area (Å²) in [6.45, 7) is 0. The molecule has 0 spiro atoms. The first-order valence-electron chi connectivity index (χ1n) is 6.69. The molecule has 0 saturated heterocycles. The summed E-state index contributed by atoms with van der Waals surface area (Å²) < 4.78 is 10.2. The summed E-state index contributed by atoms with van der Waals surface area (Å²) in [6, 6.07) is 13.7. The van der Waals surface area contributed by atoms with E-state index in [1.165, 1.54) is 0 Å². The van der Waals surface area contributed by atoms with E-state index in [0.717, 1.165) is 43.0 Å². The number of ether oxygens (including phenoxy) is 1. The third-order valence-electron chi connectivity index (χ3n) is 3.84. The second-order valence-corrected chi connectivity index (χ2v) is 7.07. The smallest absolute Gasteiger partial charge is 0.135 e. The monoisotopic (exact) mass is 437 g/mol. The molecule has 0 atom stereocenters. The van der Waals surface area contributed by atoms with Gasteiger partial charge in [-0.25, -0.2) is 0 Å². The van der Waals surface area contributed by atoms with Crippen LogP contribution in [-0.2, 0) is 7.05 Å². The second kappa shape index (κ2) is 5.15. The van der Waals surface area contributed by atoms with Crippen molar-refractivity contribution in [2.24, 2.45) is 7.05 Å². The first-order valence-corrected chi connectivity index (χ1v) is 8.65. The van der Waals surface area contributed by atoms with Crippen molar-refractivity contribution >= 4 is 43.5 Å². The lowest BCUT2D eigenvalue weighted by molar-refractivity contribution is 0.487. The van der Waals surface area contributed by atoms with E-state index >= 15 is 0 Å². The Labute approximate surface area is 149 Å². The van der Waals surface area contributed by atoms with E-state index in [1.54, 1.807) is 0 Å². The van der Waals surface area contributed by atoms with Gasteiger partial charge >= 0.3 is 0 Å². The minimum Gasteiger partial charge on any atom is -0.456 e. The number of aromatic nitrogens is 1. The van der Waals surface area contributed by atoms with Crippen LogP contribution in [0.3, 0.4) is 0 Å². The van der Waals surface area contributed by atoms with Crippen molar-refractivity contribution in [3.8, 4) is 33.8 Å². The second-order valence-electron chi connectivity index (χ2n) is 5.13. The molecule has 0 radical (unpaired) electrons. The van der Waals surface area contributed by atoms with Crippen LogP contribution in [0.5, 0.6) is 11.5 Å². The number of para-hydroxylation sites is 1. The molecule has 0 amide bonds. The minimum absolute atomic E-state index is 0.686. The van der Waals surface area contributed by atoms with Gasteiger partial charge in [0, 0.05) is 34.3 Å². The molecule has 2 aromatic carbocycles. The topological polar surface area (TPSA) is 14.2 Å². The van der Waals surface area contributed by atoms with Gasteiger partial charge in [-0.3, -0.25) is 0 Å². The number of hydrogen-bond acceptors (Lipinski definition) is 1. The van der Waals surface area contributed by atoms with E-state index < -0.39 is 0 Å². The Morgan fingerprint density at radius 3 is 2.32 bits per heavy atom. The summed E-state index contributed by atoms with van der Waals surface area (Å²) in [5.74, 6) is 1.64. The zero-order valence-electron chi connectivity index (χ0n) is 11.5. The summed E-state index contributed by atoms with van der Waals surface area (Å²) in [5, 5.41) is 0.686. The summed E-state index contributed by atoms with van der Waals surface area (Å²) in [4.78, 5) is 0. The maximum absolute atomic E-state index is 6.22. The molecular weight excluding hydrogens is 429 g/mol. The summed E-state index contributed by atoms with van der Waals surface area (Å²) in [6.07, 6.45) is 0. The fourth-order valence-corrected chi connectivity index (χ4v) is 4.38. The Balaban J connectivity index is 2.20. The largest absolute Gasteiger partial charge is 0.456 e. The van der Waals surface area contributed by atoms with Gasteiger partial charge in [0.1, 0.15) is 11.5 Å². The quantitative estimate of drug-likeness (QED) is 0.299. The van der Waals surface area contributed by atoms with E-state index in [0.29, 0.717) is 5.02 Å². The minimum atomic E-state index is 0.686. The van der Waals surface area contributed by atoms with Crippen molar-refractivity contribution in [3.05, 3.63) is 56.7 Å². The van der Waals surface area contributed by atoms with E-state index in [1.807, 2.05) is 43.4 Å². The molecule has 2 heterocycles. The van der Waals surface area contributed by atoms with E-state index in [4.69, 9.17) is 16.3 Å². The van der Waals surface area contributed by atoms with Crippen LogP contribution in [0.2, 0.25) is 5.02 Å². The maximum atomic E-state index is 6.22. The normalized spacial score (nSPS) is 12.0. The maximum Gasteiger partial charge on any atom is 0.135 e. The van der Waals surface area contributed by atoms with Gasteiger partial charge in [0.05, 0.1) is 9.21 Å². The van der Waals surface area contributed by atoms with Gasteiger partial charge in [-0.2, -0.15) is 0 Å². The molecule has 0 bridgehead atoms. The number of hydrogen-bond donors (Lipinski definition) is 0. The van der Waals surface area contributed by atoms with Gasteiger partial charge in [-0.15, -0.1) is 0 Å². The molecule has 0 N–H and O–H groups in total. The van der Waals surface area contributed by atoms with Crippen LogP contribution < -0.4 is 4.74 Å². The van der Waals surface area contributed by atoms with Crippen molar-refractivity contribution in [3.63, 3.8) is 0 Å². The van der Waals surface area contributed by atoms with Gasteiger partial charge in [0.2, 0.25) is 0 Å². The fourth-order valence-electron chi connectivity index (χ4n) is 2.79. The van der Waals surface area contributed by atoms with Crippen molar-refractivity contribution in [2.75, 3.05) is 0 Å². The Hall–Kier alpha value is -1.23. The number of halogens is 3. The van der Waals surface area contributed by atoms with E-state index in [9.17, 15) is 0 Å². The highest BCUT2D eigenvalue weighted by atomic mass is 79.9. The first-order chi connectivity index (χ1) is 10.6. The molecular formula is C17H10Br2ClNO. The predicted molar refractivity (Wildman–Crippen MR) is 96.8 cm³/mol. The zero-order chi connectivity index (χ0) is 15.4. The SMILES string of the molecule is Cn1c(Br)c2c(c1Br)-c1cc(Cl)ccc1Oc1ccccc1-2. The molecule has 5 heteroatoms. The highest BCUT2D eigenvalue weighted by Gasteiger charge is 2.28. The molecule has 0 saturated carbocycles. The van der Waals surface area contributed by atoms with Gasteiger partial charge < -0.3 is 9.30 Å². The highest BCUT2D eigenvalue weighted by molar-refractivity contribution is 9.11. The Kier molecular flexibility index (Phi) is 3.36. The summed E-state index contributed by atoms with van der Waals surface area (Å²) >= 11 is 13.6. The molecule has 4 rings (SSSR count). The Bertz CT molecular complexity index is 917. The van der Waals surface area contributed by atoms with Gasteiger partial charge in [-0.1, -0.05) is 29.8 Å². The Morgan fingerprint density at radius 1 is 0.909 bits per heavy atom. The van der Waals surface area contributed by atoms with Crippen molar-refractivity contribution in [2.45, 2.75) is 0 Å². The summed E-state index contributed by atoms with van der Waals surface area (Å²) in [5.41, 5.74) is 4.22. The number of benzene rings is 2. The molecule has 1 aliphatic heterocycles. The zero-order valence-corrected chi connectivity index (χ0v) is 15.5. The predicted octanol–water partition coefficient (Wildman–Crippen LogP) is 6.64. The lowest BCUT2D eigenvalue weighted by Crippen LogP contribution is -1.90. The number of fused-ring (bicyclic) bond motifs is 5. The molecule has 1 aliphatic rings. The third-order valence-corrected chi connectivity index (χ3v) is 5.93. The molecule has 22 heavy (non-hydrogen) atoms. The van der Waals surface area contributed by atoms with Crippen molar-refractivity contribution in [1.29, 1.82) is 0 Å². The van der Waals surface area contributed by atoms with Crippen LogP contribution >= 0.6 is 43.5 Å². The fraction of sp³-hybridized carbons (Fsp3) is 0.0588. The molecule has 0 aliphatic carbocycles. The van der Waals surface area contributed by atoms with E-state index in [2.05, 4.69) is 42.5 Å². The number of rotatable bonds is 0. The lowest BCUT2D eigenvalue weighted by atomic mass is 9.99. The van der Waals surface area contributed by atoms with Crippen LogP contribution in [0.1, 0.15) is 0 Å². The van der Waals surface area contributed by atoms with E-state index in [-0.39, 0.29) is 0 Å². The van der Waals surface area contributed by atoms with Crippen LogP contribution in [0.25, 0.3) is 22.3 Å². The van der Waals surface area contributed by atoms with Crippen LogP contribution in [0.4, 0.5) is 0 Å². The first kappa shape index (κ1) is 14.4. The molecule has 1 aromatic heterocycles. The third kappa shape index (κ3) is 1.98. The summed E-state index contributed by atoms with van der Waals surface area (Å²) in [7, 11) is 2.01. The average Bonchev–Trinajstić information content (AvgIpc) is 2.68. The van der Waals surface area contributed by atoms with Crippen LogP contribution in [-0.4, -0.2) is 4.57 Å². The molecule has 3 aromatic rings. The molecule has 0 unspecified atom stereocenters. The molecule has 0 fully saturated rings. The average molecular weight is 440 g/mol. The molecule has 2 nitrogen and oxygen atoms in total. The van der Waals surface area contributed by atoms with Gasteiger partial charge in [0.15, 0.2) is 0 Å². The Morgan fingerprint density at radius 2 is 1.55 bits per heavy atom. The highest BCUT2D eigenvalue weighted by Crippen LogP contribution is 2.53. The van der Waals surface area contributed by atoms with Crippen molar-refractivity contribution in [1.82, 2.24) is 4.57 Å².